The summed E-state index contributed by atoms with van der Waals surface area (Å²) in [6.45, 7) is 6.58. The fourth-order valence-corrected chi connectivity index (χ4v) is 2.79. The highest BCUT2D eigenvalue weighted by molar-refractivity contribution is 14.0. The van der Waals surface area contributed by atoms with Crippen LogP contribution in [0.25, 0.3) is 5.65 Å². The van der Waals surface area contributed by atoms with Crippen molar-refractivity contribution in [3.63, 3.8) is 0 Å². The van der Waals surface area contributed by atoms with Crippen LogP contribution in [-0.4, -0.2) is 42.2 Å². The first kappa shape index (κ1) is 22.8. The Morgan fingerprint density at radius 3 is 2.55 bits per heavy atom. The zero-order chi connectivity index (χ0) is 19.8. The third kappa shape index (κ3) is 6.52. The lowest BCUT2D eigenvalue weighted by molar-refractivity contribution is 0.321. The van der Waals surface area contributed by atoms with Crippen LogP contribution < -0.4 is 20.1 Å². The van der Waals surface area contributed by atoms with E-state index in [4.69, 9.17) is 9.47 Å². The van der Waals surface area contributed by atoms with Crippen molar-refractivity contribution in [2.45, 2.75) is 20.4 Å². The van der Waals surface area contributed by atoms with Gasteiger partial charge in [-0.05, 0) is 50.2 Å². The van der Waals surface area contributed by atoms with Crippen LogP contribution in [0, 0.1) is 6.92 Å². The van der Waals surface area contributed by atoms with Crippen molar-refractivity contribution >= 4 is 35.6 Å². The Balaban J connectivity index is 0.00000300. The van der Waals surface area contributed by atoms with Gasteiger partial charge in [0.15, 0.2) is 5.96 Å². The van der Waals surface area contributed by atoms with Crippen LogP contribution in [0.4, 0.5) is 0 Å². The number of halogens is 1. The summed E-state index contributed by atoms with van der Waals surface area (Å²) in [6.07, 6.45) is 2.03. The van der Waals surface area contributed by atoms with Gasteiger partial charge in [-0.2, -0.15) is 0 Å². The van der Waals surface area contributed by atoms with Crippen LogP contribution in [0.3, 0.4) is 0 Å². The van der Waals surface area contributed by atoms with E-state index in [1.165, 1.54) is 0 Å². The molecule has 0 saturated heterocycles. The van der Waals surface area contributed by atoms with E-state index in [1.807, 2.05) is 49.5 Å². The molecule has 2 aromatic heterocycles. The number of ether oxygens (including phenoxy) is 2. The summed E-state index contributed by atoms with van der Waals surface area (Å²) in [5, 5.41) is 6.53. The van der Waals surface area contributed by atoms with Crippen LogP contribution in [0.15, 0.2) is 53.7 Å². The Labute approximate surface area is 188 Å². The summed E-state index contributed by atoms with van der Waals surface area (Å²) in [5.74, 6) is 2.37. The maximum Gasteiger partial charge on any atom is 0.191 e. The first-order valence-electron chi connectivity index (χ1n) is 9.42. The predicted octanol–water partition coefficient (Wildman–Crippen LogP) is 3.40. The van der Waals surface area contributed by atoms with Gasteiger partial charge < -0.3 is 24.5 Å². The van der Waals surface area contributed by atoms with Crippen molar-refractivity contribution in [1.29, 1.82) is 0 Å². The van der Waals surface area contributed by atoms with E-state index < -0.39 is 0 Å². The molecule has 0 aliphatic rings. The van der Waals surface area contributed by atoms with E-state index in [2.05, 4.69) is 38.0 Å². The van der Waals surface area contributed by atoms with Gasteiger partial charge in [0.25, 0.3) is 0 Å². The van der Waals surface area contributed by atoms with Crippen molar-refractivity contribution < 1.29 is 9.47 Å². The molecule has 3 aromatic rings. The molecule has 0 saturated carbocycles. The van der Waals surface area contributed by atoms with Crippen LogP contribution in [0.1, 0.15) is 18.3 Å². The quantitative estimate of drug-likeness (QED) is 0.211. The number of aryl methyl sites for hydroxylation is 1. The van der Waals surface area contributed by atoms with Crippen molar-refractivity contribution in [3.05, 3.63) is 60.0 Å². The van der Waals surface area contributed by atoms with Crippen molar-refractivity contribution in [3.8, 4) is 11.5 Å². The number of hydrogen-bond acceptors (Lipinski definition) is 4. The van der Waals surface area contributed by atoms with Gasteiger partial charge in [0.1, 0.15) is 23.8 Å². The average Bonchev–Trinajstić information content (AvgIpc) is 3.14. The number of methoxy groups -OCH3 is 1. The molecule has 0 radical (unpaired) electrons. The summed E-state index contributed by atoms with van der Waals surface area (Å²) < 4.78 is 13.0. The highest BCUT2D eigenvalue weighted by Gasteiger charge is 2.04. The number of hydrogen-bond donors (Lipinski definition) is 2. The molecule has 29 heavy (non-hydrogen) atoms. The van der Waals surface area contributed by atoms with Crippen LogP contribution in [0.5, 0.6) is 11.5 Å². The van der Waals surface area contributed by atoms with Gasteiger partial charge in [-0.25, -0.2) is 9.98 Å². The molecule has 2 heterocycles. The number of benzene rings is 1. The zero-order valence-corrected chi connectivity index (χ0v) is 19.3. The van der Waals surface area contributed by atoms with Crippen LogP contribution in [0.2, 0.25) is 0 Å². The van der Waals surface area contributed by atoms with E-state index in [0.29, 0.717) is 19.7 Å². The molecule has 0 unspecified atom stereocenters. The average molecular weight is 509 g/mol. The predicted molar refractivity (Wildman–Crippen MR) is 127 cm³/mol. The molecule has 0 aliphatic heterocycles. The lowest BCUT2D eigenvalue weighted by Crippen LogP contribution is -2.39. The Morgan fingerprint density at radius 1 is 1.10 bits per heavy atom. The van der Waals surface area contributed by atoms with E-state index in [9.17, 15) is 0 Å². The molecule has 0 atom stereocenters. The topological polar surface area (TPSA) is 72.2 Å². The van der Waals surface area contributed by atoms with Gasteiger partial charge in [-0.3, -0.25) is 0 Å². The number of fused-ring (bicyclic) bond motifs is 1. The molecular weight excluding hydrogens is 481 g/mol. The second-order valence-electron chi connectivity index (χ2n) is 6.27. The minimum Gasteiger partial charge on any atom is -0.497 e. The molecule has 8 heteroatoms. The highest BCUT2D eigenvalue weighted by Crippen LogP contribution is 2.16. The smallest absolute Gasteiger partial charge is 0.191 e. The molecule has 1 aromatic carbocycles. The summed E-state index contributed by atoms with van der Waals surface area (Å²) >= 11 is 0. The zero-order valence-electron chi connectivity index (χ0n) is 17.0. The lowest BCUT2D eigenvalue weighted by atomic mass is 10.3. The second kappa shape index (κ2) is 11.5. The number of rotatable bonds is 8. The number of aliphatic imine (C=N–C) groups is 1. The van der Waals surface area contributed by atoms with Crippen molar-refractivity contribution in [2.75, 3.05) is 26.8 Å². The molecule has 0 amide bonds. The molecular formula is C21H28IN5O2. The SMILES string of the molecule is CCNC(=NCc1cn2c(C)cccc2n1)NCCOc1ccc(OC)cc1.I. The summed E-state index contributed by atoms with van der Waals surface area (Å²) in [6, 6.07) is 13.6. The van der Waals surface area contributed by atoms with Crippen molar-refractivity contribution in [2.24, 2.45) is 4.99 Å². The van der Waals surface area contributed by atoms with Gasteiger partial charge in [-0.1, -0.05) is 6.07 Å². The van der Waals surface area contributed by atoms with Gasteiger partial charge >= 0.3 is 0 Å². The normalized spacial score (nSPS) is 11.1. The Morgan fingerprint density at radius 2 is 1.86 bits per heavy atom. The van der Waals surface area contributed by atoms with E-state index in [0.717, 1.165) is 41.0 Å². The maximum atomic E-state index is 5.73. The summed E-state index contributed by atoms with van der Waals surface area (Å²) in [5.41, 5.74) is 3.03. The standard InChI is InChI=1S/C21H27N5O2.HI/c1-4-22-21(23-12-13-28-19-10-8-18(27-3)9-11-19)24-14-17-15-26-16(2)6-5-7-20(26)25-17;/h5-11,15H,4,12-14H2,1-3H3,(H2,22,23,24);1H. The van der Waals surface area contributed by atoms with E-state index in [-0.39, 0.29) is 24.0 Å². The Kier molecular flexibility index (Phi) is 9.04. The van der Waals surface area contributed by atoms with Crippen molar-refractivity contribution in [1.82, 2.24) is 20.0 Å². The van der Waals surface area contributed by atoms with Gasteiger partial charge in [0.05, 0.1) is 25.9 Å². The van der Waals surface area contributed by atoms with Gasteiger partial charge in [-0.15, -0.1) is 24.0 Å². The third-order valence-electron chi connectivity index (χ3n) is 4.21. The molecule has 2 N–H and O–H groups in total. The van der Waals surface area contributed by atoms with Crippen LogP contribution in [-0.2, 0) is 6.54 Å². The monoisotopic (exact) mass is 509 g/mol. The van der Waals surface area contributed by atoms with E-state index in [1.54, 1.807) is 7.11 Å². The number of nitrogens with zero attached hydrogens (tertiary/aromatic N) is 3. The number of imidazole rings is 1. The van der Waals surface area contributed by atoms with Gasteiger partial charge in [0, 0.05) is 18.4 Å². The number of guanidine groups is 1. The molecule has 0 bridgehead atoms. The molecule has 7 nitrogen and oxygen atoms in total. The lowest BCUT2D eigenvalue weighted by Gasteiger charge is -2.12. The number of pyridine rings is 1. The second-order valence-corrected chi connectivity index (χ2v) is 6.27. The first-order chi connectivity index (χ1) is 13.7. The minimum absolute atomic E-state index is 0. The minimum atomic E-state index is 0. The molecule has 0 aliphatic carbocycles. The molecule has 3 rings (SSSR count). The number of nitrogens with one attached hydrogen (secondary N) is 2. The molecule has 156 valence electrons. The van der Waals surface area contributed by atoms with Crippen LogP contribution >= 0.6 is 24.0 Å². The fraction of sp³-hybridized carbons (Fsp3) is 0.333. The van der Waals surface area contributed by atoms with E-state index >= 15 is 0 Å². The summed E-state index contributed by atoms with van der Waals surface area (Å²) in [7, 11) is 1.65. The fourth-order valence-electron chi connectivity index (χ4n) is 2.79. The number of aromatic nitrogens is 2. The Hall–Kier alpha value is -2.49. The third-order valence-corrected chi connectivity index (χ3v) is 4.21. The first-order valence-corrected chi connectivity index (χ1v) is 9.42. The van der Waals surface area contributed by atoms with Gasteiger partial charge in [0.2, 0.25) is 0 Å². The molecule has 0 fully saturated rings. The highest BCUT2D eigenvalue weighted by atomic mass is 127. The summed E-state index contributed by atoms with van der Waals surface area (Å²) in [4.78, 5) is 9.24. The largest absolute Gasteiger partial charge is 0.497 e. The Bertz CT molecular complexity index is 924. The maximum absolute atomic E-state index is 5.73. The molecule has 0 spiro atoms.